The van der Waals surface area contributed by atoms with E-state index in [1.165, 1.54) is 0 Å². The number of Topliss-reactive ketones (excluding diaryl/α,β-unsaturated/α-hetero) is 1. The highest BCUT2D eigenvalue weighted by Crippen LogP contribution is 2.32. The average Bonchev–Trinajstić information content (AvgIpc) is 2.22. The van der Waals surface area contributed by atoms with Crippen LogP contribution in [0.3, 0.4) is 0 Å². The second kappa shape index (κ2) is 4.76. The largest absolute Gasteiger partial charge is 0.367 e. The molecule has 0 spiro atoms. The highest BCUT2D eigenvalue weighted by Gasteiger charge is 2.24. The van der Waals surface area contributed by atoms with E-state index < -0.39 is 0 Å². The van der Waals surface area contributed by atoms with Crippen molar-refractivity contribution in [2.75, 3.05) is 11.4 Å². The maximum Gasteiger partial charge on any atom is 0.136 e. The Balaban J connectivity index is 2.29. The van der Waals surface area contributed by atoms with Crippen molar-refractivity contribution in [1.29, 1.82) is 0 Å². The van der Waals surface area contributed by atoms with E-state index in [1.54, 1.807) is 0 Å². The average molecular weight is 303 g/mol. The number of hydrogen-bond donors (Lipinski definition) is 0. The molecule has 0 N–H and O–H groups in total. The van der Waals surface area contributed by atoms with Crippen molar-refractivity contribution in [1.82, 2.24) is 0 Å². The van der Waals surface area contributed by atoms with Gasteiger partial charge in [0.05, 0.1) is 5.69 Å². The Kier molecular flexibility index (Phi) is 3.55. The lowest BCUT2D eigenvalue weighted by molar-refractivity contribution is -0.120. The Bertz CT molecular complexity index is 421. The van der Waals surface area contributed by atoms with Gasteiger partial charge in [0.2, 0.25) is 0 Å². The van der Waals surface area contributed by atoms with Crippen LogP contribution in [0.4, 0.5) is 5.69 Å². The lowest BCUT2D eigenvalue weighted by Crippen LogP contribution is -2.41. The Morgan fingerprint density at radius 2 is 2.25 bits per heavy atom. The van der Waals surface area contributed by atoms with Gasteiger partial charge in [-0.15, -0.1) is 0 Å². The normalized spacial score (nSPS) is 21.3. The SMILES string of the molecule is CC1CC(=O)CCN1c1cc(Cl)ccc1Br. The van der Waals surface area contributed by atoms with Crippen LogP contribution < -0.4 is 4.90 Å². The number of anilines is 1. The van der Waals surface area contributed by atoms with E-state index in [0.29, 0.717) is 18.6 Å². The van der Waals surface area contributed by atoms with Gasteiger partial charge >= 0.3 is 0 Å². The van der Waals surface area contributed by atoms with Crippen LogP contribution >= 0.6 is 27.5 Å². The van der Waals surface area contributed by atoms with Crippen LogP contribution in [0.15, 0.2) is 22.7 Å². The molecule has 1 aliphatic rings. The van der Waals surface area contributed by atoms with Gasteiger partial charge in [0.25, 0.3) is 0 Å². The van der Waals surface area contributed by atoms with Crippen LogP contribution in [-0.4, -0.2) is 18.4 Å². The molecule has 1 fully saturated rings. The molecule has 1 heterocycles. The predicted octanol–water partition coefficient (Wildman–Crippen LogP) is 3.66. The van der Waals surface area contributed by atoms with Crippen LogP contribution in [0.1, 0.15) is 19.8 Å². The molecule has 0 bridgehead atoms. The first-order chi connectivity index (χ1) is 7.58. The minimum absolute atomic E-state index is 0.246. The van der Waals surface area contributed by atoms with Crippen molar-refractivity contribution in [3.8, 4) is 0 Å². The summed E-state index contributed by atoms with van der Waals surface area (Å²) >= 11 is 9.52. The van der Waals surface area contributed by atoms with Gasteiger partial charge in [0.15, 0.2) is 0 Å². The van der Waals surface area contributed by atoms with E-state index in [9.17, 15) is 4.79 Å². The van der Waals surface area contributed by atoms with E-state index in [-0.39, 0.29) is 6.04 Å². The van der Waals surface area contributed by atoms with Crippen LogP contribution in [0, 0.1) is 0 Å². The Morgan fingerprint density at radius 3 is 2.94 bits per heavy atom. The minimum atomic E-state index is 0.246. The molecule has 0 saturated carbocycles. The fraction of sp³-hybridized carbons (Fsp3) is 0.417. The first-order valence-corrected chi connectivity index (χ1v) is 6.48. The molecule has 1 aliphatic heterocycles. The Hall–Kier alpha value is -0.540. The van der Waals surface area contributed by atoms with Gasteiger partial charge in [-0.1, -0.05) is 11.6 Å². The first kappa shape index (κ1) is 11.9. The second-order valence-electron chi connectivity index (χ2n) is 4.13. The quantitative estimate of drug-likeness (QED) is 0.789. The maximum absolute atomic E-state index is 11.3. The molecule has 1 unspecified atom stereocenters. The van der Waals surface area contributed by atoms with Crippen LogP contribution in [-0.2, 0) is 4.79 Å². The molecule has 1 atom stereocenters. The summed E-state index contributed by atoms with van der Waals surface area (Å²) < 4.78 is 1.03. The van der Waals surface area contributed by atoms with Crippen molar-refractivity contribution >= 4 is 39.0 Å². The van der Waals surface area contributed by atoms with Crippen LogP contribution in [0.25, 0.3) is 0 Å². The zero-order chi connectivity index (χ0) is 11.7. The molecule has 1 aromatic carbocycles. The van der Waals surface area contributed by atoms with E-state index in [2.05, 4.69) is 27.8 Å². The van der Waals surface area contributed by atoms with E-state index in [4.69, 9.17) is 11.6 Å². The van der Waals surface area contributed by atoms with Gasteiger partial charge < -0.3 is 4.90 Å². The van der Waals surface area contributed by atoms with E-state index in [1.807, 2.05) is 18.2 Å². The second-order valence-corrected chi connectivity index (χ2v) is 5.42. The van der Waals surface area contributed by atoms with Gasteiger partial charge in [-0.3, -0.25) is 4.79 Å². The number of halogens is 2. The Morgan fingerprint density at radius 1 is 1.50 bits per heavy atom. The summed E-state index contributed by atoms with van der Waals surface area (Å²) in [7, 11) is 0. The molecule has 1 aromatic rings. The fourth-order valence-electron chi connectivity index (χ4n) is 2.07. The highest BCUT2D eigenvalue weighted by atomic mass is 79.9. The number of hydrogen-bond acceptors (Lipinski definition) is 2. The third-order valence-electron chi connectivity index (χ3n) is 2.90. The van der Waals surface area contributed by atoms with Gasteiger partial charge in [-0.2, -0.15) is 0 Å². The summed E-state index contributed by atoms with van der Waals surface area (Å²) in [6.07, 6.45) is 1.25. The lowest BCUT2D eigenvalue weighted by atomic mass is 10.0. The number of benzene rings is 1. The fourth-order valence-corrected chi connectivity index (χ4v) is 2.71. The van der Waals surface area contributed by atoms with Gasteiger partial charge in [-0.05, 0) is 41.1 Å². The molecule has 2 rings (SSSR count). The number of piperidine rings is 1. The van der Waals surface area contributed by atoms with E-state index in [0.717, 1.165) is 21.7 Å². The predicted molar refractivity (Wildman–Crippen MR) is 70.2 cm³/mol. The molecule has 0 aliphatic carbocycles. The summed E-state index contributed by atoms with van der Waals surface area (Å²) in [6, 6.07) is 5.99. The molecule has 0 aromatic heterocycles. The summed E-state index contributed by atoms with van der Waals surface area (Å²) in [5.74, 6) is 0.349. The van der Waals surface area contributed by atoms with Crippen LogP contribution in [0.5, 0.6) is 0 Å². The third kappa shape index (κ3) is 2.41. The lowest BCUT2D eigenvalue weighted by Gasteiger charge is -2.35. The standard InChI is InChI=1S/C12H13BrClNO/c1-8-6-10(16)4-5-15(8)12-7-9(14)2-3-11(12)13/h2-3,7-8H,4-6H2,1H3. The van der Waals surface area contributed by atoms with Gasteiger partial charge in [-0.25, -0.2) is 0 Å². The number of rotatable bonds is 1. The summed E-state index contributed by atoms with van der Waals surface area (Å²) in [5.41, 5.74) is 1.08. The van der Waals surface area contributed by atoms with Crippen LogP contribution in [0.2, 0.25) is 5.02 Å². The van der Waals surface area contributed by atoms with Crippen molar-refractivity contribution in [3.63, 3.8) is 0 Å². The van der Waals surface area contributed by atoms with Crippen molar-refractivity contribution in [2.45, 2.75) is 25.8 Å². The number of ketones is 1. The zero-order valence-corrected chi connectivity index (χ0v) is 11.4. The molecule has 0 radical (unpaired) electrons. The number of carbonyl (C=O) groups excluding carboxylic acids is 1. The molecule has 1 saturated heterocycles. The van der Waals surface area contributed by atoms with Gasteiger partial charge in [0.1, 0.15) is 5.78 Å². The summed E-state index contributed by atoms with van der Waals surface area (Å²) in [4.78, 5) is 13.6. The smallest absolute Gasteiger partial charge is 0.136 e. The molecule has 16 heavy (non-hydrogen) atoms. The molecule has 4 heteroatoms. The first-order valence-electron chi connectivity index (χ1n) is 5.31. The van der Waals surface area contributed by atoms with Crippen molar-refractivity contribution in [3.05, 3.63) is 27.7 Å². The number of nitrogens with zero attached hydrogens (tertiary/aromatic N) is 1. The zero-order valence-electron chi connectivity index (χ0n) is 9.04. The molecular formula is C12H13BrClNO. The van der Waals surface area contributed by atoms with E-state index >= 15 is 0 Å². The van der Waals surface area contributed by atoms with Crippen molar-refractivity contribution in [2.24, 2.45) is 0 Å². The molecular weight excluding hydrogens is 289 g/mol. The molecule has 86 valence electrons. The summed E-state index contributed by atoms with van der Waals surface area (Å²) in [6.45, 7) is 2.85. The Labute approximate surface area is 109 Å². The number of carbonyl (C=O) groups is 1. The molecule has 0 amide bonds. The maximum atomic E-state index is 11.3. The minimum Gasteiger partial charge on any atom is -0.367 e. The third-order valence-corrected chi connectivity index (χ3v) is 3.81. The monoisotopic (exact) mass is 301 g/mol. The topological polar surface area (TPSA) is 20.3 Å². The highest BCUT2D eigenvalue weighted by molar-refractivity contribution is 9.10. The van der Waals surface area contributed by atoms with Gasteiger partial charge in [0, 0.05) is 34.9 Å². The van der Waals surface area contributed by atoms with Crippen molar-refractivity contribution < 1.29 is 4.79 Å². The summed E-state index contributed by atoms with van der Waals surface area (Å²) in [5, 5.41) is 0.724. The molecule has 2 nitrogen and oxygen atoms in total.